The SMILES string of the molecule is O=C=NP1OCCO1. The Labute approximate surface area is 47.5 Å². The maximum Gasteiger partial charge on any atom is 0.321 e. The Bertz CT molecular complexity index is 116. The molecule has 0 amide bonds. The van der Waals surface area contributed by atoms with E-state index in [1.165, 1.54) is 6.08 Å². The van der Waals surface area contributed by atoms with Gasteiger partial charge in [0.05, 0.1) is 13.2 Å². The highest BCUT2D eigenvalue weighted by Gasteiger charge is 2.15. The molecule has 0 atom stereocenters. The zero-order valence-electron chi connectivity index (χ0n) is 4.03. The first-order chi connectivity index (χ1) is 3.93. The van der Waals surface area contributed by atoms with Crippen molar-refractivity contribution in [3.63, 3.8) is 0 Å². The lowest BCUT2D eigenvalue weighted by Gasteiger charge is -1.91. The molecule has 8 heavy (non-hydrogen) atoms. The van der Waals surface area contributed by atoms with E-state index in [1.807, 2.05) is 0 Å². The van der Waals surface area contributed by atoms with Crippen LogP contribution >= 0.6 is 8.53 Å². The molecule has 4 nitrogen and oxygen atoms in total. The van der Waals surface area contributed by atoms with Crippen LogP contribution in [0.15, 0.2) is 4.76 Å². The van der Waals surface area contributed by atoms with Gasteiger partial charge in [0.25, 0.3) is 0 Å². The van der Waals surface area contributed by atoms with Crippen LogP contribution in [0.25, 0.3) is 0 Å². The molecule has 1 fully saturated rings. The van der Waals surface area contributed by atoms with Crippen molar-refractivity contribution in [3.8, 4) is 0 Å². The maximum atomic E-state index is 9.53. The number of carbonyl (C=O) groups excluding carboxylic acids is 1. The second-order valence-electron chi connectivity index (χ2n) is 1.10. The van der Waals surface area contributed by atoms with Crippen LogP contribution < -0.4 is 0 Å². The Morgan fingerprint density at radius 1 is 1.50 bits per heavy atom. The average Bonchev–Trinajstić information content (AvgIpc) is 2.19. The quantitative estimate of drug-likeness (QED) is 0.299. The highest BCUT2D eigenvalue weighted by atomic mass is 31.2. The van der Waals surface area contributed by atoms with E-state index in [4.69, 9.17) is 9.05 Å². The molecule has 1 rings (SSSR count). The molecule has 0 saturated carbocycles. The van der Waals surface area contributed by atoms with Gasteiger partial charge >= 0.3 is 8.53 Å². The van der Waals surface area contributed by atoms with Gasteiger partial charge < -0.3 is 9.05 Å². The molecule has 0 spiro atoms. The molecule has 1 saturated heterocycles. The number of hydrogen-bond donors (Lipinski definition) is 0. The molecule has 0 aromatic carbocycles. The Kier molecular flexibility index (Phi) is 2.12. The minimum Gasteiger partial charge on any atom is -0.313 e. The Morgan fingerprint density at radius 3 is 2.62 bits per heavy atom. The van der Waals surface area contributed by atoms with Gasteiger partial charge in [0.15, 0.2) is 0 Å². The first-order valence-corrected chi connectivity index (χ1v) is 3.20. The van der Waals surface area contributed by atoms with Crippen LogP contribution in [0.4, 0.5) is 0 Å². The zero-order valence-corrected chi connectivity index (χ0v) is 4.93. The van der Waals surface area contributed by atoms with Crippen LogP contribution in [0.3, 0.4) is 0 Å². The Balaban J connectivity index is 2.35. The molecule has 1 aliphatic rings. The van der Waals surface area contributed by atoms with Crippen molar-refractivity contribution in [1.29, 1.82) is 0 Å². The predicted molar refractivity (Wildman–Crippen MR) is 26.9 cm³/mol. The summed E-state index contributed by atoms with van der Waals surface area (Å²) in [5, 5.41) is 0. The third-order valence-corrected chi connectivity index (χ3v) is 1.66. The van der Waals surface area contributed by atoms with Gasteiger partial charge in [0, 0.05) is 0 Å². The van der Waals surface area contributed by atoms with Gasteiger partial charge in [-0.1, -0.05) is 0 Å². The molecule has 1 aliphatic heterocycles. The molecule has 44 valence electrons. The Morgan fingerprint density at radius 2 is 2.12 bits per heavy atom. The molecule has 0 unspecified atom stereocenters. The molecular weight excluding hydrogens is 129 g/mol. The topological polar surface area (TPSA) is 47.9 Å². The van der Waals surface area contributed by atoms with Crippen LogP contribution in [0.2, 0.25) is 0 Å². The molecule has 0 aromatic heterocycles. The van der Waals surface area contributed by atoms with Gasteiger partial charge in [-0.2, -0.15) is 0 Å². The summed E-state index contributed by atoms with van der Waals surface area (Å²) in [7, 11) is -1.24. The summed E-state index contributed by atoms with van der Waals surface area (Å²) in [6.45, 7) is 1.08. The van der Waals surface area contributed by atoms with Crippen molar-refractivity contribution in [1.82, 2.24) is 0 Å². The first-order valence-electron chi connectivity index (χ1n) is 2.07. The Hall–Kier alpha value is -0.270. The standard InChI is InChI=1S/C3H4NO3P/c5-3-4-8-6-1-2-7-8/h1-2H2. The fourth-order valence-electron chi connectivity index (χ4n) is 0.359. The second kappa shape index (κ2) is 2.90. The normalized spacial score (nSPS) is 20.5. The number of isocyanates is 1. The molecule has 0 aromatic rings. The van der Waals surface area contributed by atoms with Gasteiger partial charge in [0.1, 0.15) is 0 Å². The van der Waals surface area contributed by atoms with E-state index in [1.54, 1.807) is 0 Å². The average molecular weight is 133 g/mol. The lowest BCUT2D eigenvalue weighted by atomic mass is 10.8. The lowest BCUT2D eigenvalue weighted by Crippen LogP contribution is -1.79. The van der Waals surface area contributed by atoms with E-state index < -0.39 is 8.53 Å². The van der Waals surface area contributed by atoms with E-state index in [0.29, 0.717) is 13.2 Å². The smallest absolute Gasteiger partial charge is 0.313 e. The van der Waals surface area contributed by atoms with Crippen LogP contribution in [0, 0.1) is 0 Å². The molecule has 0 radical (unpaired) electrons. The van der Waals surface area contributed by atoms with E-state index in [-0.39, 0.29) is 0 Å². The summed E-state index contributed by atoms with van der Waals surface area (Å²) in [5.41, 5.74) is 0. The summed E-state index contributed by atoms with van der Waals surface area (Å²) < 4.78 is 12.9. The molecule has 5 heteroatoms. The summed E-state index contributed by atoms with van der Waals surface area (Å²) >= 11 is 0. The second-order valence-corrected chi connectivity index (χ2v) is 2.29. The molecule has 1 heterocycles. The van der Waals surface area contributed by atoms with Crippen LogP contribution in [0.1, 0.15) is 0 Å². The molecule has 0 N–H and O–H groups in total. The summed E-state index contributed by atoms with van der Waals surface area (Å²) in [6.07, 6.45) is 1.36. The monoisotopic (exact) mass is 133 g/mol. The van der Waals surface area contributed by atoms with Gasteiger partial charge in [-0.05, 0) is 0 Å². The highest BCUT2D eigenvalue weighted by molar-refractivity contribution is 7.46. The number of hydrogen-bond acceptors (Lipinski definition) is 4. The fourth-order valence-corrected chi connectivity index (χ4v) is 1.08. The van der Waals surface area contributed by atoms with E-state index in [2.05, 4.69) is 4.76 Å². The van der Waals surface area contributed by atoms with Crippen molar-refractivity contribution in [2.24, 2.45) is 4.76 Å². The molecule has 0 aliphatic carbocycles. The van der Waals surface area contributed by atoms with E-state index in [9.17, 15) is 4.79 Å². The van der Waals surface area contributed by atoms with Crippen LogP contribution in [0.5, 0.6) is 0 Å². The minimum absolute atomic E-state index is 0.539. The zero-order chi connectivity index (χ0) is 5.82. The highest BCUT2D eigenvalue weighted by Crippen LogP contribution is 2.42. The summed E-state index contributed by atoms with van der Waals surface area (Å²) in [5.74, 6) is 0. The predicted octanol–water partition coefficient (Wildman–Crippen LogP) is 0.596. The lowest BCUT2D eigenvalue weighted by molar-refractivity contribution is 0.365. The van der Waals surface area contributed by atoms with Gasteiger partial charge in [-0.15, -0.1) is 4.76 Å². The van der Waals surface area contributed by atoms with Crippen molar-refractivity contribution in [2.75, 3.05) is 13.2 Å². The van der Waals surface area contributed by atoms with Crippen LogP contribution in [-0.2, 0) is 13.8 Å². The van der Waals surface area contributed by atoms with Gasteiger partial charge in [-0.3, -0.25) is 0 Å². The van der Waals surface area contributed by atoms with Gasteiger partial charge in [0.2, 0.25) is 6.08 Å². The van der Waals surface area contributed by atoms with Crippen LogP contribution in [-0.4, -0.2) is 19.3 Å². The van der Waals surface area contributed by atoms with E-state index >= 15 is 0 Å². The van der Waals surface area contributed by atoms with Crippen molar-refractivity contribution >= 4 is 14.6 Å². The fraction of sp³-hybridized carbons (Fsp3) is 0.667. The first kappa shape index (κ1) is 5.86. The summed E-state index contributed by atoms with van der Waals surface area (Å²) in [4.78, 5) is 9.53. The third kappa shape index (κ3) is 1.35. The maximum absolute atomic E-state index is 9.53. The largest absolute Gasteiger partial charge is 0.321 e. The van der Waals surface area contributed by atoms with Crippen molar-refractivity contribution in [3.05, 3.63) is 0 Å². The van der Waals surface area contributed by atoms with Crippen molar-refractivity contribution < 1.29 is 13.8 Å². The number of nitrogens with zero attached hydrogens (tertiary/aromatic N) is 1. The number of rotatable bonds is 1. The van der Waals surface area contributed by atoms with Gasteiger partial charge in [-0.25, -0.2) is 4.79 Å². The third-order valence-electron chi connectivity index (χ3n) is 0.609. The molecular formula is C3H4NO3P. The minimum atomic E-state index is -1.24. The van der Waals surface area contributed by atoms with E-state index in [0.717, 1.165) is 0 Å². The van der Waals surface area contributed by atoms with Crippen molar-refractivity contribution in [2.45, 2.75) is 0 Å². The molecule has 0 bridgehead atoms. The summed E-state index contributed by atoms with van der Waals surface area (Å²) in [6, 6.07) is 0.